The van der Waals surface area contributed by atoms with Gasteiger partial charge in [-0.2, -0.15) is 31.4 Å². The number of carbonyl (C=O) groups is 1. The lowest BCUT2D eigenvalue weighted by Gasteiger charge is -2.12. The van der Waals surface area contributed by atoms with Gasteiger partial charge < -0.3 is 10.1 Å². The van der Waals surface area contributed by atoms with Gasteiger partial charge in [-0.3, -0.25) is 4.79 Å². The van der Waals surface area contributed by atoms with Crippen LogP contribution >= 0.6 is 11.3 Å². The van der Waals surface area contributed by atoms with Crippen LogP contribution in [-0.2, 0) is 28.7 Å². The zero-order valence-corrected chi connectivity index (χ0v) is 14.6. The fraction of sp³-hybridized carbons (Fsp3) is 0.643. The Labute approximate surface area is 152 Å². The van der Waals surface area contributed by atoms with Crippen LogP contribution in [0.5, 0.6) is 0 Å². The Morgan fingerprint density at radius 1 is 1.30 bits per heavy atom. The molecule has 0 spiro atoms. The van der Waals surface area contributed by atoms with E-state index < -0.39 is 48.8 Å². The maximum absolute atomic E-state index is 13.3. The number of ether oxygens (including phenoxy) is 1. The number of imidazole rings is 1. The zero-order valence-electron chi connectivity index (χ0n) is 13.8. The summed E-state index contributed by atoms with van der Waals surface area (Å²) in [7, 11) is 1.40. The Hall–Kier alpha value is -1.89. The number of carbonyl (C=O) groups excluding carboxylic acids is 1. The van der Waals surface area contributed by atoms with Crippen molar-refractivity contribution in [3.63, 3.8) is 0 Å². The Kier molecular flexibility index (Phi) is 5.10. The van der Waals surface area contributed by atoms with E-state index in [1.165, 1.54) is 7.11 Å². The molecule has 27 heavy (non-hydrogen) atoms. The summed E-state index contributed by atoms with van der Waals surface area (Å²) < 4.78 is 83.3. The normalized spacial score (nSPS) is 21.2. The molecule has 1 aliphatic rings. The van der Waals surface area contributed by atoms with E-state index in [1.807, 2.05) is 0 Å². The van der Waals surface area contributed by atoms with Gasteiger partial charge in [0.2, 0.25) is 10.9 Å². The van der Waals surface area contributed by atoms with E-state index >= 15 is 0 Å². The molecule has 0 saturated carbocycles. The van der Waals surface area contributed by atoms with Crippen molar-refractivity contribution in [2.45, 2.75) is 44.3 Å². The van der Waals surface area contributed by atoms with Gasteiger partial charge in [0, 0.05) is 25.5 Å². The number of hydrogen-bond donors (Lipinski definition) is 1. The third-order valence-corrected chi connectivity index (χ3v) is 4.96. The number of nitrogens with one attached hydrogen (secondary N) is 1. The van der Waals surface area contributed by atoms with Crippen molar-refractivity contribution in [2.75, 3.05) is 7.11 Å². The smallest absolute Gasteiger partial charge is 0.377 e. The SMILES string of the molecule is COCc1nn2c(CC3CC(CC(F)(F)F)NC3=O)c(C(F)(F)F)nc2s1. The minimum Gasteiger partial charge on any atom is -0.377 e. The molecule has 1 amide bonds. The lowest BCUT2D eigenvalue weighted by atomic mass is 9.97. The Morgan fingerprint density at radius 2 is 2.00 bits per heavy atom. The van der Waals surface area contributed by atoms with E-state index in [9.17, 15) is 31.1 Å². The van der Waals surface area contributed by atoms with Crippen molar-refractivity contribution in [2.24, 2.45) is 5.92 Å². The predicted molar refractivity (Wildman–Crippen MR) is 81.0 cm³/mol. The number of halogens is 6. The molecule has 3 rings (SSSR count). The molecule has 1 aliphatic heterocycles. The highest BCUT2D eigenvalue weighted by Crippen LogP contribution is 2.36. The summed E-state index contributed by atoms with van der Waals surface area (Å²) in [6, 6.07) is -1.15. The number of hydrogen-bond acceptors (Lipinski definition) is 5. The fourth-order valence-corrected chi connectivity index (χ4v) is 3.96. The highest BCUT2D eigenvalue weighted by molar-refractivity contribution is 7.16. The van der Waals surface area contributed by atoms with E-state index in [2.05, 4.69) is 15.4 Å². The van der Waals surface area contributed by atoms with Crippen LogP contribution in [0.15, 0.2) is 0 Å². The van der Waals surface area contributed by atoms with Crippen molar-refractivity contribution in [1.29, 1.82) is 0 Å². The molecule has 1 fully saturated rings. The van der Waals surface area contributed by atoms with E-state index in [0.29, 0.717) is 5.01 Å². The third-order valence-electron chi connectivity index (χ3n) is 4.08. The van der Waals surface area contributed by atoms with E-state index in [4.69, 9.17) is 4.74 Å². The van der Waals surface area contributed by atoms with Crippen molar-refractivity contribution in [3.05, 3.63) is 16.4 Å². The molecule has 2 aromatic heterocycles. The van der Waals surface area contributed by atoms with Gasteiger partial charge in [-0.05, 0) is 6.42 Å². The van der Waals surface area contributed by atoms with Crippen molar-refractivity contribution >= 4 is 22.2 Å². The molecule has 2 atom stereocenters. The van der Waals surface area contributed by atoms with Crippen LogP contribution in [-0.4, -0.2) is 39.8 Å². The van der Waals surface area contributed by atoms with Crippen molar-refractivity contribution in [1.82, 2.24) is 19.9 Å². The Balaban J connectivity index is 1.89. The second kappa shape index (κ2) is 6.93. The third kappa shape index (κ3) is 4.34. The largest absolute Gasteiger partial charge is 0.435 e. The molecule has 0 radical (unpaired) electrons. The summed E-state index contributed by atoms with van der Waals surface area (Å²) in [5.74, 6) is -1.73. The summed E-state index contributed by atoms with van der Waals surface area (Å²) in [6.07, 6.45) is -11.1. The molecule has 0 aliphatic carbocycles. The van der Waals surface area contributed by atoms with Gasteiger partial charge in [0.15, 0.2) is 5.69 Å². The van der Waals surface area contributed by atoms with E-state index in [1.54, 1.807) is 0 Å². The number of nitrogens with zero attached hydrogens (tertiary/aromatic N) is 3. The molecule has 6 nitrogen and oxygen atoms in total. The second-order valence-electron chi connectivity index (χ2n) is 6.19. The highest BCUT2D eigenvalue weighted by Gasteiger charge is 2.43. The number of fused-ring (bicyclic) bond motifs is 1. The topological polar surface area (TPSA) is 68.5 Å². The average molecular weight is 416 g/mol. The first-order valence-electron chi connectivity index (χ1n) is 7.78. The average Bonchev–Trinajstić information content (AvgIpc) is 3.12. The fourth-order valence-electron chi connectivity index (χ4n) is 3.07. The first-order valence-corrected chi connectivity index (χ1v) is 8.60. The van der Waals surface area contributed by atoms with Gasteiger partial charge in [0.05, 0.1) is 18.7 Å². The van der Waals surface area contributed by atoms with Crippen LogP contribution in [0.25, 0.3) is 4.96 Å². The Bertz CT molecular complexity index is 843. The highest BCUT2D eigenvalue weighted by atomic mass is 32.1. The molecule has 3 heterocycles. The molecular formula is C14H14F6N4O2S. The second-order valence-corrected chi connectivity index (χ2v) is 7.23. The first-order chi connectivity index (χ1) is 12.5. The molecule has 0 bridgehead atoms. The molecule has 1 saturated heterocycles. The van der Waals surface area contributed by atoms with Gasteiger partial charge in [-0.1, -0.05) is 11.3 Å². The van der Waals surface area contributed by atoms with Crippen LogP contribution in [0, 0.1) is 5.92 Å². The predicted octanol–water partition coefficient (Wildman–Crippen LogP) is 2.96. The molecule has 150 valence electrons. The number of amides is 1. The lowest BCUT2D eigenvalue weighted by molar-refractivity contribution is -0.142. The summed E-state index contributed by atoms with van der Waals surface area (Å²) in [6.45, 7) is 0.0758. The Morgan fingerprint density at radius 3 is 2.59 bits per heavy atom. The monoisotopic (exact) mass is 416 g/mol. The number of aromatic nitrogens is 3. The first kappa shape index (κ1) is 19.9. The van der Waals surface area contributed by atoms with E-state index in [0.717, 1.165) is 15.9 Å². The summed E-state index contributed by atoms with van der Waals surface area (Å²) in [4.78, 5) is 15.5. The maximum Gasteiger partial charge on any atom is 0.435 e. The van der Waals surface area contributed by atoms with Crippen LogP contribution in [0.2, 0.25) is 0 Å². The van der Waals surface area contributed by atoms with Gasteiger partial charge in [0.25, 0.3) is 0 Å². The minimum atomic E-state index is -4.77. The zero-order chi connectivity index (χ0) is 20.0. The molecule has 2 aromatic rings. The van der Waals surface area contributed by atoms with Crippen LogP contribution in [0.3, 0.4) is 0 Å². The lowest BCUT2D eigenvalue weighted by Crippen LogP contribution is -2.30. The number of methoxy groups -OCH3 is 1. The quantitative estimate of drug-likeness (QED) is 0.762. The van der Waals surface area contributed by atoms with Crippen LogP contribution in [0.4, 0.5) is 26.3 Å². The number of alkyl halides is 6. The molecule has 13 heteroatoms. The summed E-state index contributed by atoms with van der Waals surface area (Å²) in [5, 5.41) is 6.60. The van der Waals surface area contributed by atoms with Gasteiger partial charge in [-0.25, -0.2) is 9.50 Å². The molecule has 0 aromatic carbocycles. The van der Waals surface area contributed by atoms with Crippen molar-refractivity contribution < 1.29 is 35.9 Å². The number of rotatable bonds is 5. The summed E-state index contributed by atoms with van der Waals surface area (Å²) in [5.41, 5.74) is -1.53. The molecule has 2 unspecified atom stereocenters. The molecular weight excluding hydrogens is 402 g/mol. The van der Waals surface area contributed by atoms with E-state index in [-0.39, 0.29) is 23.7 Å². The van der Waals surface area contributed by atoms with Crippen molar-refractivity contribution in [3.8, 4) is 0 Å². The summed E-state index contributed by atoms with van der Waals surface area (Å²) >= 11 is 0.907. The van der Waals surface area contributed by atoms with Crippen LogP contribution in [0.1, 0.15) is 29.2 Å². The molecule has 1 N–H and O–H groups in total. The van der Waals surface area contributed by atoms with Gasteiger partial charge in [-0.15, -0.1) is 0 Å². The minimum absolute atomic E-state index is 0.0189. The maximum atomic E-state index is 13.3. The van der Waals surface area contributed by atoms with Gasteiger partial charge >= 0.3 is 12.4 Å². The van der Waals surface area contributed by atoms with Crippen LogP contribution < -0.4 is 5.32 Å². The standard InChI is InChI=1S/C14H14F6N4O2S/c1-26-5-9-23-24-8(10(14(18,19)20)22-12(24)27-9)3-6-2-7(21-11(6)25)4-13(15,16)17/h6-7H,2-5H2,1H3,(H,21,25). The van der Waals surface area contributed by atoms with Gasteiger partial charge in [0.1, 0.15) is 5.01 Å².